The lowest BCUT2D eigenvalue weighted by molar-refractivity contribution is -0.122. The number of aryl methyl sites for hydroxylation is 2. The lowest BCUT2D eigenvalue weighted by atomic mass is 10.0. The molecular weight excluding hydrogens is 300 g/mol. The number of benzene rings is 2. The first-order chi connectivity index (χ1) is 11.5. The molecule has 0 saturated heterocycles. The Morgan fingerprint density at radius 2 is 1.67 bits per heavy atom. The zero-order valence-electron chi connectivity index (χ0n) is 14.4. The van der Waals surface area contributed by atoms with Crippen LogP contribution in [0.2, 0.25) is 0 Å². The Morgan fingerprint density at radius 3 is 2.29 bits per heavy atom. The molecule has 0 bridgehead atoms. The molecule has 0 aliphatic heterocycles. The van der Waals surface area contributed by atoms with Gasteiger partial charge in [-0.15, -0.1) is 0 Å². The SMILES string of the molecule is CC(=O)N[C@H](CC(=O)NCc1ccccc1C)c1ccc(C)cc1. The van der Waals surface area contributed by atoms with Gasteiger partial charge in [0.25, 0.3) is 0 Å². The van der Waals surface area contributed by atoms with E-state index < -0.39 is 0 Å². The summed E-state index contributed by atoms with van der Waals surface area (Å²) in [5.74, 6) is -0.232. The van der Waals surface area contributed by atoms with E-state index in [0.717, 1.165) is 22.3 Å². The third-order valence-electron chi connectivity index (χ3n) is 3.98. The van der Waals surface area contributed by atoms with Gasteiger partial charge in [0.05, 0.1) is 12.5 Å². The van der Waals surface area contributed by atoms with Crippen molar-refractivity contribution in [2.75, 3.05) is 0 Å². The predicted octanol–water partition coefficient (Wildman–Crippen LogP) is 3.19. The first-order valence-electron chi connectivity index (χ1n) is 8.10. The van der Waals surface area contributed by atoms with Crippen LogP contribution in [0.15, 0.2) is 48.5 Å². The van der Waals surface area contributed by atoms with Crippen LogP contribution in [0.1, 0.15) is 41.6 Å². The molecular formula is C20H24N2O2. The van der Waals surface area contributed by atoms with E-state index in [4.69, 9.17) is 0 Å². The fraction of sp³-hybridized carbons (Fsp3) is 0.300. The van der Waals surface area contributed by atoms with Crippen LogP contribution < -0.4 is 10.6 Å². The van der Waals surface area contributed by atoms with Gasteiger partial charge in [-0.05, 0) is 30.5 Å². The fourth-order valence-corrected chi connectivity index (χ4v) is 2.56. The highest BCUT2D eigenvalue weighted by molar-refractivity contribution is 5.79. The summed E-state index contributed by atoms with van der Waals surface area (Å²) in [6.45, 7) is 5.98. The van der Waals surface area contributed by atoms with Crippen molar-refractivity contribution in [2.45, 2.75) is 39.8 Å². The van der Waals surface area contributed by atoms with Gasteiger partial charge >= 0.3 is 0 Å². The van der Waals surface area contributed by atoms with Crippen LogP contribution in [-0.4, -0.2) is 11.8 Å². The van der Waals surface area contributed by atoms with Gasteiger partial charge in [0.2, 0.25) is 11.8 Å². The summed E-state index contributed by atoms with van der Waals surface area (Å²) in [7, 11) is 0. The van der Waals surface area contributed by atoms with Gasteiger partial charge in [-0.1, -0.05) is 54.1 Å². The highest BCUT2D eigenvalue weighted by Crippen LogP contribution is 2.18. The Hall–Kier alpha value is -2.62. The molecule has 2 N–H and O–H groups in total. The summed E-state index contributed by atoms with van der Waals surface area (Å²) in [5, 5.41) is 5.79. The highest BCUT2D eigenvalue weighted by atomic mass is 16.2. The van der Waals surface area contributed by atoms with Crippen LogP contribution in [-0.2, 0) is 16.1 Å². The largest absolute Gasteiger partial charge is 0.352 e. The van der Waals surface area contributed by atoms with E-state index in [0.29, 0.717) is 6.54 Å². The van der Waals surface area contributed by atoms with Crippen LogP contribution in [0.5, 0.6) is 0 Å². The minimum absolute atomic E-state index is 0.0856. The molecule has 0 aromatic heterocycles. The normalized spacial score (nSPS) is 11.6. The molecule has 0 heterocycles. The van der Waals surface area contributed by atoms with Crippen molar-refractivity contribution < 1.29 is 9.59 Å². The Morgan fingerprint density at radius 1 is 1.00 bits per heavy atom. The Balaban J connectivity index is 2.00. The summed E-state index contributed by atoms with van der Waals surface area (Å²) in [6.07, 6.45) is 0.217. The molecule has 2 rings (SSSR count). The Kier molecular flexibility index (Phi) is 6.13. The summed E-state index contributed by atoms with van der Waals surface area (Å²) in [4.78, 5) is 23.8. The first-order valence-corrected chi connectivity index (χ1v) is 8.10. The monoisotopic (exact) mass is 324 g/mol. The minimum Gasteiger partial charge on any atom is -0.352 e. The average molecular weight is 324 g/mol. The van der Waals surface area contributed by atoms with Gasteiger partial charge in [0, 0.05) is 13.5 Å². The summed E-state index contributed by atoms with van der Waals surface area (Å²) in [5.41, 5.74) is 4.32. The lowest BCUT2D eigenvalue weighted by Crippen LogP contribution is -2.32. The van der Waals surface area contributed by atoms with Crippen molar-refractivity contribution in [2.24, 2.45) is 0 Å². The maximum Gasteiger partial charge on any atom is 0.222 e. The van der Waals surface area contributed by atoms with E-state index >= 15 is 0 Å². The van der Waals surface area contributed by atoms with Gasteiger partial charge in [0.15, 0.2) is 0 Å². The fourth-order valence-electron chi connectivity index (χ4n) is 2.56. The zero-order valence-corrected chi connectivity index (χ0v) is 14.4. The number of nitrogens with one attached hydrogen (secondary N) is 2. The van der Waals surface area contributed by atoms with Gasteiger partial charge in [0.1, 0.15) is 0 Å². The van der Waals surface area contributed by atoms with Crippen molar-refractivity contribution in [1.29, 1.82) is 0 Å². The smallest absolute Gasteiger partial charge is 0.222 e. The molecule has 0 aliphatic carbocycles. The molecule has 2 aromatic carbocycles. The number of hydrogen-bond acceptors (Lipinski definition) is 2. The molecule has 0 unspecified atom stereocenters. The van der Waals surface area contributed by atoms with Crippen LogP contribution >= 0.6 is 0 Å². The second-order valence-corrected chi connectivity index (χ2v) is 6.07. The van der Waals surface area contributed by atoms with Crippen molar-refractivity contribution in [1.82, 2.24) is 10.6 Å². The average Bonchev–Trinajstić information content (AvgIpc) is 2.54. The van der Waals surface area contributed by atoms with Crippen molar-refractivity contribution in [3.63, 3.8) is 0 Å². The molecule has 0 fully saturated rings. The standard InChI is InChI=1S/C20H24N2O2/c1-14-8-10-17(11-9-14)19(22-16(3)23)12-20(24)21-13-18-7-5-4-6-15(18)2/h4-11,19H,12-13H2,1-3H3,(H,21,24)(H,22,23)/t19-/m1/s1. The molecule has 126 valence electrons. The van der Waals surface area contributed by atoms with Crippen LogP contribution in [0, 0.1) is 13.8 Å². The molecule has 1 atom stereocenters. The van der Waals surface area contributed by atoms with Gasteiger partial charge in [-0.2, -0.15) is 0 Å². The minimum atomic E-state index is -0.319. The number of hydrogen-bond donors (Lipinski definition) is 2. The van der Waals surface area contributed by atoms with Gasteiger partial charge < -0.3 is 10.6 Å². The van der Waals surface area contributed by atoms with Crippen molar-refractivity contribution in [3.05, 3.63) is 70.8 Å². The number of carbonyl (C=O) groups is 2. The van der Waals surface area contributed by atoms with Crippen molar-refractivity contribution >= 4 is 11.8 Å². The van der Waals surface area contributed by atoms with E-state index in [1.807, 2.05) is 62.4 Å². The predicted molar refractivity (Wildman–Crippen MR) is 95.4 cm³/mol. The molecule has 2 amide bonds. The number of carbonyl (C=O) groups excluding carboxylic acids is 2. The number of rotatable bonds is 6. The summed E-state index contributed by atoms with van der Waals surface area (Å²) < 4.78 is 0. The Bertz CT molecular complexity index is 708. The lowest BCUT2D eigenvalue weighted by Gasteiger charge is -2.18. The molecule has 2 aromatic rings. The molecule has 24 heavy (non-hydrogen) atoms. The van der Waals surface area contributed by atoms with Gasteiger partial charge in [-0.25, -0.2) is 0 Å². The third-order valence-corrected chi connectivity index (χ3v) is 3.98. The van der Waals surface area contributed by atoms with E-state index in [1.54, 1.807) is 0 Å². The maximum absolute atomic E-state index is 12.3. The molecule has 0 aliphatic rings. The van der Waals surface area contributed by atoms with E-state index in [1.165, 1.54) is 6.92 Å². The molecule has 4 nitrogen and oxygen atoms in total. The summed E-state index contributed by atoms with van der Waals surface area (Å²) in [6, 6.07) is 15.5. The van der Waals surface area contributed by atoms with Crippen LogP contribution in [0.3, 0.4) is 0 Å². The second kappa shape index (κ2) is 8.29. The molecule has 0 spiro atoms. The molecule has 4 heteroatoms. The van der Waals surface area contributed by atoms with Crippen LogP contribution in [0.25, 0.3) is 0 Å². The molecule has 0 saturated carbocycles. The van der Waals surface area contributed by atoms with E-state index in [9.17, 15) is 9.59 Å². The van der Waals surface area contributed by atoms with Gasteiger partial charge in [-0.3, -0.25) is 9.59 Å². The van der Waals surface area contributed by atoms with E-state index in [-0.39, 0.29) is 24.3 Å². The van der Waals surface area contributed by atoms with E-state index in [2.05, 4.69) is 10.6 Å². The quantitative estimate of drug-likeness (QED) is 0.857. The Labute approximate surface area is 143 Å². The van der Waals surface area contributed by atoms with Crippen molar-refractivity contribution in [3.8, 4) is 0 Å². The molecule has 0 radical (unpaired) electrons. The first kappa shape index (κ1) is 17.7. The third kappa shape index (κ3) is 5.23. The number of amides is 2. The topological polar surface area (TPSA) is 58.2 Å². The second-order valence-electron chi connectivity index (χ2n) is 6.07. The maximum atomic E-state index is 12.3. The summed E-state index contributed by atoms with van der Waals surface area (Å²) >= 11 is 0. The van der Waals surface area contributed by atoms with Crippen LogP contribution in [0.4, 0.5) is 0 Å². The zero-order chi connectivity index (χ0) is 17.5. The highest BCUT2D eigenvalue weighted by Gasteiger charge is 2.17.